The average Bonchev–Trinajstić information content (AvgIpc) is 2.94. The molecule has 1 aliphatic rings. The Morgan fingerprint density at radius 2 is 1.42 bits per heavy atom. The molecule has 1 nitrogen and oxygen atoms in total. The fraction of sp³-hybridized carbons (Fsp3) is 1.00. The van der Waals surface area contributed by atoms with E-state index >= 15 is 0 Å². The molecule has 0 bridgehead atoms. The van der Waals surface area contributed by atoms with Gasteiger partial charge in [0.1, 0.15) is 0 Å². The molecule has 0 amide bonds. The molecule has 0 heterocycles. The number of nitrogens with zero attached hydrogens (tertiary/aromatic N) is 1. The summed E-state index contributed by atoms with van der Waals surface area (Å²) >= 11 is 3.61. The summed E-state index contributed by atoms with van der Waals surface area (Å²) < 4.78 is 0. The fourth-order valence-electron chi connectivity index (χ4n) is 3.30. The van der Waals surface area contributed by atoms with E-state index in [0.29, 0.717) is 0 Å². The Bertz CT molecular complexity index is 190. The van der Waals surface area contributed by atoms with Gasteiger partial charge in [0, 0.05) is 17.9 Å². The monoisotopic (exact) mass is 331 g/mol. The fourth-order valence-corrected chi connectivity index (χ4v) is 3.76. The highest BCUT2D eigenvalue weighted by Gasteiger charge is 2.21. The summed E-state index contributed by atoms with van der Waals surface area (Å²) in [6.07, 6.45) is 17.3. The predicted octanol–water partition coefficient (Wildman–Crippen LogP) is 5.77. The molecule has 0 saturated heterocycles. The number of hydrogen-bond acceptors (Lipinski definition) is 1. The predicted molar refractivity (Wildman–Crippen MR) is 90.2 cm³/mol. The molecule has 1 aliphatic carbocycles. The lowest BCUT2D eigenvalue weighted by Gasteiger charge is -2.28. The quantitative estimate of drug-likeness (QED) is 0.324. The van der Waals surface area contributed by atoms with E-state index in [9.17, 15) is 0 Å². The first kappa shape index (κ1) is 17.5. The van der Waals surface area contributed by atoms with Crippen LogP contribution in [0, 0.1) is 0 Å². The normalized spacial score (nSPS) is 16.6. The van der Waals surface area contributed by atoms with Crippen molar-refractivity contribution in [1.82, 2.24) is 4.90 Å². The molecule has 0 aliphatic heterocycles. The van der Waals surface area contributed by atoms with Crippen LogP contribution in [0.1, 0.15) is 84.0 Å². The van der Waals surface area contributed by atoms with Crippen molar-refractivity contribution in [2.45, 2.75) is 90.0 Å². The third-order valence-electron chi connectivity index (χ3n) is 4.51. The zero-order valence-corrected chi connectivity index (χ0v) is 14.6. The third-order valence-corrected chi connectivity index (χ3v) is 4.87. The van der Waals surface area contributed by atoms with Crippen molar-refractivity contribution in [1.29, 1.82) is 0 Å². The molecule has 0 radical (unpaired) electrons. The molecule has 19 heavy (non-hydrogen) atoms. The van der Waals surface area contributed by atoms with Gasteiger partial charge in [-0.1, -0.05) is 80.6 Å². The van der Waals surface area contributed by atoms with Gasteiger partial charge in [-0.15, -0.1) is 0 Å². The van der Waals surface area contributed by atoms with Gasteiger partial charge < -0.3 is 0 Å². The number of hydrogen-bond donors (Lipinski definition) is 0. The maximum absolute atomic E-state index is 3.61. The van der Waals surface area contributed by atoms with Gasteiger partial charge in [-0.25, -0.2) is 0 Å². The van der Waals surface area contributed by atoms with E-state index in [2.05, 4.69) is 27.8 Å². The molecule has 1 rings (SSSR count). The van der Waals surface area contributed by atoms with E-state index in [1.54, 1.807) is 0 Å². The van der Waals surface area contributed by atoms with Gasteiger partial charge in [-0.05, 0) is 25.8 Å². The smallest absolute Gasteiger partial charge is 0.0159 e. The summed E-state index contributed by atoms with van der Waals surface area (Å²) in [5.74, 6) is 0. The first-order valence-electron chi connectivity index (χ1n) is 8.68. The van der Waals surface area contributed by atoms with Crippen LogP contribution in [-0.4, -0.2) is 29.4 Å². The van der Waals surface area contributed by atoms with Crippen molar-refractivity contribution in [3.63, 3.8) is 0 Å². The highest BCUT2D eigenvalue weighted by atomic mass is 79.9. The minimum atomic E-state index is 0.905. The third kappa shape index (κ3) is 8.34. The Labute approximate surface area is 129 Å². The van der Waals surface area contributed by atoms with E-state index in [0.717, 1.165) is 11.4 Å². The Balaban J connectivity index is 1.98. The second kappa shape index (κ2) is 12.2. The highest BCUT2D eigenvalue weighted by molar-refractivity contribution is 9.09. The molecule has 1 fully saturated rings. The number of halogens is 1. The molecular weight excluding hydrogens is 298 g/mol. The zero-order chi connectivity index (χ0) is 13.8. The van der Waals surface area contributed by atoms with Crippen molar-refractivity contribution in [2.75, 3.05) is 18.4 Å². The van der Waals surface area contributed by atoms with Crippen LogP contribution in [0.2, 0.25) is 0 Å². The van der Waals surface area contributed by atoms with Gasteiger partial charge in [0.2, 0.25) is 0 Å². The maximum atomic E-state index is 3.61. The van der Waals surface area contributed by atoms with Gasteiger partial charge in [-0.2, -0.15) is 0 Å². The van der Waals surface area contributed by atoms with E-state index in [4.69, 9.17) is 0 Å². The molecule has 0 aromatic carbocycles. The Hall–Kier alpha value is 0.440. The second-order valence-electron chi connectivity index (χ2n) is 6.14. The molecular formula is C17H34BrN. The largest absolute Gasteiger partial charge is 0.300 e. The number of unbranched alkanes of at least 4 members (excludes halogenated alkanes) is 7. The van der Waals surface area contributed by atoms with Crippen LogP contribution >= 0.6 is 15.9 Å². The molecule has 0 aromatic heterocycles. The molecule has 2 heteroatoms. The molecule has 114 valence electrons. The van der Waals surface area contributed by atoms with Gasteiger partial charge in [-0.3, -0.25) is 4.90 Å². The SMILES string of the molecule is CCCCCCCCCCN(CCBr)C1CCCC1. The van der Waals surface area contributed by atoms with Crippen LogP contribution in [0.15, 0.2) is 0 Å². The van der Waals surface area contributed by atoms with E-state index in [-0.39, 0.29) is 0 Å². The number of rotatable bonds is 12. The van der Waals surface area contributed by atoms with Crippen molar-refractivity contribution in [3.05, 3.63) is 0 Å². The van der Waals surface area contributed by atoms with Crippen LogP contribution in [0.3, 0.4) is 0 Å². The summed E-state index contributed by atoms with van der Waals surface area (Å²) in [4.78, 5) is 2.75. The summed E-state index contributed by atoms with van der Waals surface area (Å²) in [5, 5.41) is 1.14. The standard InChI is InChI=1S/C17H34BrN/c1-2-3-4-5-6-7-8-11-15-19(16-14-18)17-12-9-10-13-17/h17H,2-16H2,1H3. The molecule has 1 saturated carbocycles. The maximum Gasteiger partial charge on any atom is 0.0159 e. The first-order chi connectivity index (χ1) is 9.38. The van der Waals surface area contributed by atoms with Gasteiger partial charge in [0.15, 0.2) is 0 Å². The Kier molecular flexibility index (Phi) is 11.2. The van der Waals surface area contributed by atoms with Gasteiger partial charge in [0.25, 0.3) is 0 Å². The van der Waals surface area contributed by atoms with Crippen LogP contribution < -0.4 is 0 Å². The van der Waals surface area contributed by atoms with Crippen LogP contribution in [0.5, 0.6) is 0 Å². The summed E-state index contributed by atoms with van der Waals surface area (Å²) in [6.45, 7) is 4.88. The summed E-state index contributed by atoms with van der Waals surface area (Å²) in [6, 6.07) is 0.905. The Morgan fingerprint density at radius 3 is 2.00 bits per heavy atom. The lowest BCUT2D eigenvalue weighted by Crippen LogP contribution is -2.35. The topological polar surface area (TPSA) is 3.24 Å². The van der Waals surface area contributed by atoms with E-state index < -0.39 is 0 Å². The molecule has 0 atom stereocenters. The van der Waals surface area contributed by atoms with Crippen LogP contribution in [-0.2, 0) is 0 Å². The number of alkyl halides is 1. The summed E-state index contributed by atoms with van der Waals surface area (Å²) in [7, 11) is 0. The van der Waals surface area contributed by atoms with Crippen LogP contribution in [0.25, 0.3) is 0 Å². The molecule has 0 N–H and O–H groups in total. The molecule has 0 aromatic rings. The first-order valence-corrected chi connectivity index (χ1v) is 9.80. The van der Waals surface area contributed by atoms with Gasteiger partial charge in [0.05, 0.1) is 0 Å². The summed E-state index contributed by atoms with van der Waals surface area (Å²) in [5.41, 5.74) is 0. The van der Waals surface area contributed by atoms with Crippen LogP contribution in [0.4, 0.5) is 0 Å². The lowest BCUT2D eigenvalue weighted by molar-refractivity contribution is 0.206. The minimum Gasteiger partial charge on any atom is -0.300 e. The lowest BCUT2D eigenvalue weighted by atomic mass is 10.1. The van der Waals surface area contributed by atoms with Gasteiger partial charge >= 0.3 is 0 Å². The minimum absolute atomic E-state index is 0.905. The van der Waals surface area contributed by atoms with E-state index in [1.165, 1.54) is 90.1 Å². The van der Waals surface area contributed by atoms with E-state index in [1.807, 2.05) is 0 Å². The molecule has 0 unspecified atom stereocenters. The Morgan fingerprint density at radius 1 is 0.842 bits per heavy atom. The van der Waals surface area contributed by atoms with Crippen molar-refractivity contribution in [2.24, 2.45) is 0 Å². The zero-order valence-electron chi connectivity index (χ0n) is 13.0. The second-order valence-corrected chi connectivity index (χ2v) is 6.93. The van der Waals surface area contributed by atoms with Crippen molar-refractivity contribution >= 4 is 15.9 Å². The van der Waals surface area contributed by atoms with Crippen molar-refractivity contribution < 1.29 is 0 Å². The highest BCUT2D eigenvalue weighted by Crippen LogP contribution is 2.24. The van der Waals surface area contributed by atoms with Crippen molar-refractivity contribution in [3.8, 4) is 0 Å². The molecule has 0 spiro atoms. The average molecular weight is 332 g/mol.